The molecule has 1 aromatic rings. The highest BCUT2D eigenvalue weighted by Gasteiger charge is 2.18. The highest BCUT2D eigenvalue weighted by molar-refractivity contribution is 7.89. The fourth-order valence-corrected chi connectivity index (χ4v) is 2.45. The SMILES string of the molecule is CN(C)S(=O)(=O)c1ccc(N)c(NCCCCO)c1. The molecule has 4 N–H and O–H groups in total. The van der Waals surface area contributed by atoms with Gasteiger partial charge in [-0.05, 0) is 31.0 Å². The molecule has 0 fully saturated rings. The summed E-state index contributed by atoms with van der Waals surface area (Å²) in [5.74, 6) is 0. The Bertz CT molecular complexity index is 515. The number of hydrogen-bond acceptors (Lipinski definition) is 5. The number of rotatable bonds is 7. The number of nitrogens with one attached hydrogen (secondary N) is 1. The average Bonchev–Trinajstić information content (AvgIpc) is 2.36. The van der Waals surface area contributed by atoms with Gasteiger partial charge < -0.3 is 16.2 Å². The minimum absolute atomic E-state index is 0.145. The van der Waals surface area contributed by atoms with E-state index in [-0.39, 0.29) is 11.5 Å². The average molecular weight is 287 g/mol. The molecule has 0 spiro atoms. The summed E-state index contributed by atoms with van der Waals surface area (Å²) >= 11 is 0. The number of aliphatic hydroxyl groups is 1. The lowest BCUT2D eigenvalue weighted by Gasteiger charge is -2.14. The van der Waals surface area contributed by atoms with Gasteiger partial charge in [-0.25, -0.2) is 12.7 Å². The Morgan fingerprint density at radius 2 is 2.00 bits per heavy atom. The van der Waals surface area contributed by atoms with Crippen molar-refractivity contribution in [3.8, 4) is 0 Å². The number of hydrogen-bond donors (Lipinski definition) is 3. The molecule has 6 nitrogen and oxygen atoms in total. The Kier molecular flexibility index (Phi) is 5.59. The van der Waals surface area contributed by atoms with Gasteiger partial charge in [0.2, 0.25) is 10.0 Å². The largest absolute Gasteiger partial charge is 0.397 e. The number of nitrogens with zero attached hydrogens (tertiary/aromatic N) is 1. The first-order valence-electron chi connectivity index (χ1n) is 6.06. The highest BCUT2D eigenvalue weighted by atomic mass is 32.2. The van der Waals surface area contributed by atoms with Gasteiger partial charge in [-0.1, -0.05) is 0 Å². The lowest BCUT2D eigenvalue weighted by Crippen LogP contribution is -2.22. The first kappa shape index (κ1) is 15.7. The van der Waals surface area contributed by atoms with Crippen LogP contribution in [0.15, 0.2) is 23.1 Å². The van der Waals surface area contributed by atoms with Crippen LogP contribution in [0, 0.1) is 0 Å². The van der Waals surface area contributed by atoms with E-state index in [2.05, 4.69) is 5.32 Å². The molecule has 0 atom stereocenters. The molecule has 0 saturated heterocycles. The fraction of sp³-hybridized carbons (Fsp3) is 0.500. The number of aliphatic hydroxyl groups excluding tert-OH is 1. The van der Waals surface area contributed by atoms with Crippen molar-refractivity contribution in [1.82, 2.24) is 4.31 Å². The molecule has 108 valence electrons. The first-order chi connectivity index (χ1) is 8.89. The van der Waals surface area contributed by atoms with E-state index in [1.807, 2.05) is 0 Å². The second-order valence-electron chi connectivity index (χ2n) is 4.39. The second kappa shape index (κ2) is 6.74. The zero-order valence-electron chi connectivity index (χ0n) is 11.3. The Morgan fingerprint density at radius 1 is 1.32 bits per heavy atom. The van der Waals surface area contributed by atoms with Crippen LogP contribution in [0.25, 0.3) is 0 Å². The number of benzene rings is 1. The minimum Gasteiger partial charge on any atom is -0.397 e. The van der Waals surface area contributed by atoms with Crippen LogP contribution in [0.1, 0.15) is 12.8 Å². The summed E-state index contributed by atoms with van der Waals surface area (Å²) in [5.41, 5.74) is 6.90. The van der Waals surface area contributed by atoms with Crippen LogP contribution in [-0.2, 0) is 10.0 Å². The Labute approximate surface area is 114 Å². The van der Waals surface area contributed by atoms with Crippen LogP contribution < -0.4 is 11.1 Å². The Hall–Kier alpha value is -1.31. The van der Waals surface area contributed by atoms with Crippen LogP contribution in [0.3, 0.4) is 0 Å². The van der Waals surface area contributed by atoms with Crippen LogP contribution in [0.2, 0.25) is 0 Å². The molecular formula is C12H21N3O3S. The van der Waals surface area contributed by atoms with E-state index < -0.39 is 10.0 Å². The summed E-state index contributed by atoms with van der Waals surface area (Å²) in [6.07, 6.45) is 1.49. The van der Waals surface area contributed by atoms with Gasteiger partial charge in [-0.15, -0.1) is 0 Å². The first-order valence-corrected chi connectivity index (χ1v) is 7.50. The predicted octanol–water partition coefficient (Wildman–Crippen LogP) is 0.703. The van der Waals surface area contributed by atoms with Crippen molar-refractivity contribution >= 4 is 21.4 Å². The third kappa shape index (κ3) is 4.09. The minimum atomic E-state index is -3.45. The van der Waals surface area contributed by atoms with Crippen molar-refractivity contribution in [2.75, 3.05) is 38.3 Å². The van der Waals surface area contributed by atoms with E-state index in [0.29, 0.717) is 24.3 Å². The maximum Gasteiger partial charge on any atom is 0.242 e. The van der Waals surface area contributed by atoms with E-state index >= 15 is 0 Å². The molecule has 0 aliphatic rings. The van der Waals surface area contributed by atoms with E-state index in [1.54, 1.807) is 6.07 Å². The van der Waals surface area contributed by atoms with Crippen molar-refractivity contribution in [2.24, 2.45) is 0 Å². The summed E-state index contributed by atoms with van der Waals surface area (Å²) in [7, 11) is -0.481. The van der Waals surface area contributed by atoms with Crippen molar-refractivity contribution < 1.29 is 13.5 Å². The quantitative estimate of drug-likeness (QED) is 0.507. The summed E-state index contributed by atoms with van der Waals surface area (Å²) in [6, 6.07) is 4.60. The van der Waals surface area contributed by atoms with Gasteiger partial charge >= 0.3 is 0 Å². The topological polar surface area (TPSA) is 95.7 Å². The Balaban J connectivity index is 2.89. The van der Waals surface area contributed by atoms with Gasteiger partial charge in [0, 0.05) is 27.2 Å². The van der Waals surface area contributed by atoms with Crippen molar-refractivity contribution in [2.45, 2.75) is 17.7 Å². The molecule has 0 radical (unpaired) electrons. The van der Waals surface area contributed by atoms with Gasteiger partial charge in [0.05, 0.1) is 16.3 Å². The van der Waals surface area contributed by atoms with Crippen LogP contribution in [0.4, 0.5) is 11.4 Å². The van der Waals surface area contributed by atoms with Crippen LogP contribution >= 0.6 is 0 Å². The standard InChI is InChI=1S/C12H21N3O3S/c1-15(2)19(17,18)10-5-6-11(13)12(9-10)14-7-3-4-8-16/h5-6,9,14,16H,3-4,7-8,13H2,1-2H3. The molecule has 7 heteroatoms. The molecule has 0 bridgehead atoms. The van der Waals surface area contributed by atoms with Crippen LogP contribution in [-0.4, -0.2) is 45.1 Å². The lowest BCUT2D eigenvalue weighted by atomic mass is 10.2. The lowest BCUT2D eigenvalue weighted by molar-refractivity contribution is 0.286. The third-order valence-electron chi connectivity index (χ3n) is 2.70. The maximum atomic E-state index is 12.0. The molecule has 19 heavy (non-hydrogen) atoms. The third-order valence-corrected chi connectivity index (χ3v) is 4.51. The molecule has 0 aliphatic carbocycles. The van der Waals surface area contributed by atoms with Crippen molar-refractivity contribution in [3.05, 3.63) is 18.2 Å². The monoisotopic (exact) mass is 287 g/mol. The normalized spacial score (nSPS) is 11.8. The van der Waals surface area contributed by atoms with E-state index in [0.717, 1.165) is 10.7 Å². The van der Waals surface area contributed by atoms with Gasteiger partial charge in [0.15, 0.2) is 0 Å². The number of anilines is 2. The van der Waals surface area contributed by atoms with E-state index in [9.17, 15) is 8.42 Å². The van der Waals surface area contributed by atoms with Crippen LogP contribution in [0.5, 0.6) is 0 Å². The summed E-state index contributed by atoms with van der Waals surface area (Å²) in [5, 5.41) is 11.8. The molecule has 0 aromatic heterocycles. The number of nitrogen functional groups attached to an aromatic ring is 1. The van der Waals surface area contributed by atoms with Gasteiger partial charge in [0.1, 0.15) is 0 Å². The predicted molar refractivity (Wildman–Crippen MR) is 76.5 cm³/mol. The highest BCUT2D eigenvalue weighted by Crippen LogP contribution is 2.24. The molecular weight excluding hydrogens is 266 g/mol. The van der Waals surface area contributed by atoms with Crippen molar-refractivity contribution in [3.63, 3.8) is 0 Å². The van der Waals surface area contributed by atoms with Gasteiger partial charge in [0.25, 0.3) is 0 Å². The fourth-order valence-electron chi connectivity index (χ4n) is 1.52. The second-order valence-corrected chi connectivity index (χ2v) is 6.55. The summed E-state index contributed by atoms with van der Waals surface area (Å²) in [4.78, 5) is 0.205. The Morgan fingerprint density at radius 3 is 2.58 bits per heavy atom. The van der Waals surface area contributed by atoms with Crippen molar-refractivity contribution in [1.29, 1.82) is 0 Å². The molecule has 0 saturated carbocycles. The summed E-state index contributed by atoms with van der Waals surface area (Å²) < 4.78 is 25.2. The number of nitrogens with two attached hydrogens (primary N) is 1. The number of unbranched alkanes of at least 4 members (excludes halogenated alkanes) is 1. The molecule has 1 aromatic carbocycles. The van der Waals surface area contributed by atoms with E-state index in [4.69, 9.17) is 10.8 Å². The smallest absolute Gasteiger partial charge is 0.242 e. The summed E-state index contributed by atoms with van der Waals surface area (Å²) in [6.45, 7) is 0.780. The van der Waals surface area contributed by atoms with Gasteiger partial charge in [-0.2, -0.15) is 0 Å². The zero-order chi connectivity index (χ0) is 14.5. The molecule has 0 unspecified atom stereocenters. The molecule has 1 rings (SSSR count). The molecule has 0 aliphatic heterocycles. The van der Waals surface area contributed by atoms with E-state index in [1.165, 1.54) is 26.2 Å². The number of sulfonamides is 1. The molecule has 0 amide bonds. The van der Waals surface area contributed by atoms with Gasteiger partial charge in [-0.3, -0.25) is 0 Å². The molecule has 0 heterocycles. The maximum absolute atomic E-state index is 12.0. The zero-order valence-corrected chi connectivity index (χ0v) is 12.1.